The number of benzene rings is 4. The molecule has 0 radical (unpaired) electrons. The van der Waals surface area contributed by atoms with Gasteiger partial charge in [-0.25, -0.2) is 0 Å². The van der Waals surface area contributed by atoms with Crippen LogP contribution in [0.1, 0.15) is 0 Å². The number of methoxy groups -OCH3 is 1. The molecule has 23 heavy (non-hydrogen) atoms. The summed E-state index contributed by atoms with van der Waals surface area (Å²) in [5, 5.41) is 5.29. The van der Waals surface area contributed by atoms with E-state index in [2.05, 4.69) is 66.7 Å². The largest absolute Gasteiger partial charge is 0.495 e. The Morgan fingerprint density at radius 2 is 1.57 bits per heavy atom. The van der Waals surface area contributed by atoms with Crippen LogP contribution in [0.2, 0.25) is 5.02 Å². The van der Waals surface area contributed by atoms with E-state index in [9.17, 15) is 0 Å². The molecule has 0 atom stereocenters. The number of fused-ring (bicyclic) bond motifs is 2. The van der Waals surface area contributed by atoms with Crippen molar-refractivity contribution < 1.29 is 4.74 Å². The third-order valence-electron chi connectivity index (χ3n) is 4.24. The van der Waals surface area contributed by atoms with E-state index < -0.39 is 0 Å². The quantitative estimate of drug-likeness (QED) is 0.420. The first-order valence-electron chi connectivity index (χ1n) is 7.52. The van der Waals surface area contributed by atoms with Gasteiger partial charge in [-0.05, 0) is 39.4 Å². The number of halogens is 1. The minimum Gasteiger partial charge on any atom is -0.495 e. The summed E-state index contributed by atoms with van der Waals surface area (Å²) >= 11 is 6.41. The van der Waals surface area contributed by atoms with Gasteiger partial charge in [-0.3, -0.25) is 0 Å². The molecule has 4 aromatic carbocycles. The van der Waals surface area contributed by atoms with Gasteiger partial charge >= 0.3 is 0 Å². The lowest BCUT2D eigenvalue weighted by atomic mass is 9.96. The van der Waals surface area contributed by atoms with Gasteiger partial charge in [0.1, 0.15) is 5.75 Å². The molecule has 0 unspecified atom stereocenters. The Balaban J connectivity index is 1.95. The molecule has 0 N–H and O–H groups in total. The van der Waals surface area contributed by atoms with Crippen LogP contribution in [0.5, 0.6) is 5.75 Å². The first-order chi connectivity index (χ1) is 11.3. The third-order valence-corrected chi connectivity index (χ3v) is 4.63. The van der Waals surface area contributed by atoms with Gasteiger partial charge in [-0.15, -0.1) is 0 Å². The molecule has 0 saturated carbocycles. The van der Waals surface area contributed by atoms with Gasteiger partial charge in [0.25, 0.3) is 0 Å². The minimum atomic E-state index is 0.662. The lowest BCUT2D eigenvalue weighted by molar-refractivity contribution is 0.415. The van der Waals surface area contributed by atoms with Crippen molar-refractivity contribution in [2.75, 3.05) is 7.11 Å². The number of ether oxygens (including phenoxy) is 1. The SMILES string of the molecule is COc1ccc2cc(-c3cccc4ccccc34)ccc2c1Cl. The molecular formula is C21H15ClO. The van der Waals surface area contributed by atoms with Gasteiger partial charge in [-0.1, -0.05) is 72.3 Å². The Bertz CT molecular complexity index is 1020. The lowest BCUT2D eigenvalue weighted by Crippen LogP contribution is -1.86. The fraction of sp³-hybridized carbons (Fsp3) is 0.0476. The Kier molecular flexibility index (Phi) is 3.44. The van der Waals surface area contributed by atoms with Crippen molar-refractivity contribution in [3.05, 3.63) is 77.8 Å². The highest BCUT2D eigenvalue weighted by Crippen LogP contribution is 2.36. The van der Waals surface area contributed by atoms with Gasteiger partial charge < -0.3 is 4.74 Å². The van der Waals surface area contributed by atoms with Gasteiger partial charge in [0.05, 0.1) is 12.1 Å². The van der Waals surface area contributed by atoms with Crippen LogP contribution in [0.3, 0.4) is 0 Å². The molecule has 4 rings (SSSR count). The highest BCUT2D eigenvalue weighted by atomic mass is 35.5. The molecule has 0 aromatic heterocycles. The Morgan fingerprint density at radius 3 is 2.43 bits per heavy atom. The van der Waals surface area contributed by atoms with Crippen molar-refractivity contribution in [1.29, 1.82) is 0 Å². The second-order valence-corrected chi connectivity index (χ2v) is 5.92. The van der Waals surface area contributed by atoms with Crippen LogP contribution in [0.15, 0.2) is 72.8 Å². The standard InChI is InChI=1S/C21H15ClO/c1-23-20-12-10-16-13-15(9-11-19(16)21(20)22)18-8-4-6-14-5-2-3-7-17(14)18/h2-13H,1H3. The average molecular weight is 319 g/mol. The van der Waals surface area contributed by atoms with Crippen LogP contribution < -0.4 is 4.74 Å². The molecule has 2 heteroatoms. The van der Waals surface area contributed by atoms with Crippen LogP contribution in [-0.2, 0) is 0 Å². The summed E-state index contributed by atoms with van der Waals surface area (Å²) in [5.41, 5.74) is 2.42. The molecule has 1 nitrogen and oxygen atoms in total. The van der Waals surface area contributed by atoms with Crippen molar-refractivity contribution in [1.82, 2.24) is 0 Å². The molecule has 0 aliphatic carbocycles. The Morgan fingerprint density at radius 1 is 0.739 bits per heavy atom. The van der Waals surface area contributed by atoms with E-state index in [1.54, 1.807) is 7.11 Å². The fourth-order valence-electron chi connectivity index (χ4n) is 3.07. The van der Waals surface area contributed by atoms with Gasteiger partial charge in [0.15, 0.2) is 0 Å². The maximum atomic E-state index is 6.41. The van der Waals surface area contributed by atoms with Crippen LogP contribution in [-0.4, -0.2) is 7.11 Å². The molecule has 4 aromatic rings. The molecule has 0 fully saturated rings. The van der Waals surface area contributed by atoms with Crippen molar-refractivity contribution >= 4 is 33.1 Å². The number of hydrogen-bond acceptors (Lipinski definition) is 1. The molecule has 0 amide bonds. The van der Waals surface area contributed by atoms with Crippen LogP contribution >= 0.6 is 11.6 Å². The summed E-state index contributed by atoms with van der Waals surface area (Å²) < 4.78 is 5.29. The van der Waals surface area contributed by atoms with E-state index in [1.165, 1.54) is 21.9 Å². The summed E-state index contributed by atoms with van der Waals surface area (Å²) in [6, 6.07) is 25.2. The zero-order valence-corrected chi connectivity index (χ0v) is 13.5. The maximum Gasteiger partial charge on any atom is 0.138 e. The zero-order valence-electron chi connectivity index (χ0n) is 12.7. The van der Waals surface area contributed by atoms with Crippen molar-refractivity contribution in [3.63, 3.8) is 0 Å². The molecule has 0 heterocycles. The van der Waals surface area contributed by atoms with E-state index in [0.717, 1.165) is 10.8 Å². The van der Waals surface area contributed by atoms with Crippen LogP contribution in [0.4, 0.5) is 0 Å². The summed E-state index contributed by atoms with van der Waals surface area (Å²) in [6.45, 7) is 0. The fourth-order valence-corrected chi connectivity index (χ4v) is 3.39. The van der Waals surface area contributed by atoms with Crippen LogP contribution in [0, 0.1) is 0 Å². The smallest absolute Gasteiger partial charge is 0.138 e. The molecule has 112 valence electrons. The predicted octanol–water partition coefficient (Wildman–Crippen LogP) is 6.32. The van der Waals surface area contributed by atoms with Crippen molar-refractivity contribution in [2.24, 2.45) is 0 Å². The van der Waals surface area contributed by atoms with Gasteiger partial charge in [0.2, 0.25) is 0 Å². The van der Waals surface area contributed by atoms with Crippen molar-refractivity contribution in [2.45, 2.75) is 0 Å². The van der Waals surface area contributed by atoms with Gasteiger partial charge in [0, 0.05) is 5.39 Å². The normalized spacial score (nSPS) is 11.0. The van der Waals surface area contributed by atoms with E-state index in [1.807, 2.05) is 6.07 Å². The summed E-state index contributed by atoms with van der Waals surface area (Å²) in [6.07, 6.45) is 0. The average Bonchev–Trinajstić information content (AvgIpc) is 2.61. The lowest BCUT2D eigenvalue weighted by Gasteiger charge is -2.10. The first kappa shape index (κ1) is 14.1. The predicted molar refractivity (Wildman–Crippen MR) is 98.5 cm³/mol. The second kappa shape index (κ2) is 5.60. The monoisotopic (exact) mass is 318 g/mol. The topological polar surface area (TPSA) is 9.23 Å². The van der Waals surface area contributed by atoms with E-state index in [-0.39, 0.29) is 0 Å². The molecule has 0 aliphatic rings. The Hall–Kier alpha value is -2.51. The summed E-state index contributed by atoms with van der Waals surface area (Å²) in [5.74, 6) is 0.706. The highest BCUT2D eigenvalue weighted by molar-refractivity contribution is 6.37. The van der Waals surface area contributed by atoms with E-state index in [0.29, 0.717) is 10.8 Å². The zero-order chi connectivity index (χ0) is 15.8. The second-order valence-electron chi connectivity index (χ2n) is 5.54. The number of rotatable bonds is 2. The molecule has 0 bridgehead atoms. The molecule has 0 aliphatic heterocycles. The number of hydrogen-bond donors (Lipinski definition) is 0. The van der Waals surface area contributed by atoms with Crippen molar-refractivity contribution in [3.8, 4) is 16.9 Å². The molecule has 0 saturated heterocycles. The summed E-state index contributed by atoms with van der Waals surface area (Å²) in [4.78, 5) is 0. The van der Waals surface area contributed by atoms with E-state index in [4.69, 9.17) is 16.3 Å². The molecule has 0 spiro atoms. The minimum absolute atomic E-state index is 0.662. The third kappa shape index (κ3) is 2.34. The van der Waals surface area contributed by atoms with E-state index >= 15 is 0 Å². The molecular weight excluding hydrogens is 304 g/mol. The van der Waals surface area contributed by atoms with Gasteiger partial charge in [-0.2, -0.15) is 0 Å². The summed E-state index contributed by atoms with van der Waals surface area (Å²) in [7, 11) is 1.64. The van der Waals surface area contributed by atoms with Crippen LogP contribution in [0.25, 0.3) is 32.7 Å². The first-order valence-corrected chi connectivity index (χ1v) is 7.90. The maximum absolute atomic E-state index is 6.41. The Labute approximate surface area is 140 Å². The highest BCUT2D eigenvalue weighted by Gasteiger charge is 2.08.